The van der Waals surface area contributed by atoms with Crippen molar-refractivity contribution >= 4 is 166 Å². The molecule has 0 aliphatic heterocycles. The van der Waals surface area contributed by atoms with E-state index in [9.17, 15) is 126 Å². The Kier molecular flexibility index (Phi) is 16.2. The number of rotatable bonds is 17. The third-order valence-corrected chi connectivity index (χ3v) is 18.0. The van der Waals surface area contributed by atoms with Gasteiger partial charge in [-0.25, -0.2) is 0 Å². The maximum atomic E-state index is 13.1. The lowest BCUT2D eigenvalue weighted by molar-refractivity contribution is -0.385. The van der Waals surface area contributed by atoms with E-state index in [1.54, 1.807) is 0 Å². The Morgan fingerprint density at radius 1 is 0.352 bits per heavy atom. The van der Waals surface area contributed by atoms with Crippen LogP contribution in [0.25, 0.3) is 32.3 Å². The summed E-state index contributed by atoms with van der Waals surface area (Å²) in [5.74, 6) is -3.96. The molecule has 0 saturated heterocycles. The first-order valence-electron chi connectivity index (χ1n) is 22.2. The van der Waals surface area contributed by atoms with Crippen molar-refractivity contribution in [2.75, 3.05) is 5.73 Å². The zero-order valence-corrected chi connectivity index (χ0v) is 47.6. The molecule has 460 valence electrons. The number of phenolic OH excluding ortho intramolecular Hbond substituents is 3. The highest BCUT2D eigenvalue weighted by Gasteiger charge is 2.32. The van der Waals surface area contributed by atoms with E-state index in [-0.39, 0.29) is 16.8 Å². The van der Waals surface area contributed by atoms with E-state index < -0.39 is 216 Å². The molecule has 0 atom stereocenters. The van der Waals surface area contributed by atoms with Crippen molar-refractivity contribution in [3.05, 3.63) is 111 Å². The van der Waals surface area contributed by atoms with E-state index in [0.29, 0.717) is 60.7 Å². The van der Waals surface area contributed by atoms with Crippen LogP contribution in [0.3, 0.4) is 0 Å². The maximum Gasteiger partial charge on any atom is 0.297 e. The van der Waals surface area contributed by atoms with Gasteiger partial charge in [-0.2, -0.15) is 64.0 Å². The van der Waals surface area contributed by atoms with Crippen LogP contribution in [0.15, 0.2) is 166 Å². The Balaban J connectivity index is 1.27. The van der Waals surface area contributed by atoms with E-state index in [2.05, 4.69) is 40.9 Å². The molecule has 0 aliphatic carbocycles. The van der Waals surface area contributed by atoms with Gasteiger partial charge in [-0.1, -0.05) is 0 Å². The minimum absolute atomic E-state index is 0.222. The summed E-state index contributed by atoms with van der Waals surface area (Å²) in [6, 6.07) is 9.03. The van der Waals surface area contributed by atoms with Crippen LogP contribution in [0.4, 0.5) is 62.6 Å². The van der Waals surface area contributed by atoms with Crippen molar-refractivity contribution in [1.29, 1.82) is 0 Å². The van der Waals surface area contributed by atoms with Crippen LogP contribution in [0.1, 0.15) is 0 Å². The van der Waals surface area contributed by atoms with Crippen molar-refractivity contribution in [2.24, 2.45) is 40.9 Å². The van der Waals surface area contributed by atoms with Crippen LogP contribution in [-0.4, -0.2) is 116 Å². The Labute approximate surface area is 488 Å². The summed E-state index contributed by atoms with van der Waals surface area (Å²) in [5, 5.41) is 80.6. The monoisotopic (exact) mass is 1360 g/mol. The first-order valence-corrected chi connectivity index (χ1v) is 32.3. The number of anilines is 1. The highest BCUT2D eigenvalue weighted by Crippen LogP contribution is 2.51. The first kappa shape index (κ1) is 64.3. The Hall–Kier alpha value is -9.69. The molecule has 0 radical (unpaired) electrons. The SMILES string of the molecule is Nc1c(N=Nc2ccc3c(O)c(N=Nc4ccc([N+](=O)[O-])cc4S(=O)(=O)O)c(S(=O)(=O)O)cc3c2S(=O)(=O)O)c(S(=O)(=O)O)cc2cc(S(=O)(=O)O)c(/N=N\c3ccc4c(O)c(/N=N\c5ccc([N+](=O)[O-])cc5S(=O)(=O)O)c(S(=O)(=O)O)cc4c3)c(O)c12. The third-order valence-electron chi connectivity index (χ3n) is 11.8. The molecule has 8 aromatic rings. The van der Waals surface area contributed by atoms with Crippen LogP contribution < -0.4 is 5.73 Å². The van der Waals surface area contributed by atoms with Gasteiger partial charge in [0, 0.05) is 40.4 Å². The summed E-state index contributed by atoms with van der Waals surface area (Å²) < 4.78 is 247. The van der Waals surface area contributed by atoms with Crippen molar-refractivity contribution < 1.29 is 116 Å². The molecule has 0 heterocycles. The quantitative estimate of drug-likeness (QED) is 0.0135. The van der Waals surface area contributed by atoms with E-state index in [4.69, 9.17) is 5.73 Å². The number of hydrogen-bond donors (Lipinski definition) is 11. The summed E-state index contributed by atoms with van der Waals surface area (Å²) in [7, 11) is -38.9. The first-order chi connectivity index (χ1) is 40.4. The molecule has 0 amide bonds. The summed E-state index contributed by atoms with van der Waals surface area (Å²) in [5.41, 5.74) is -4.89. The van der Waals surface area contributed by atoms with Gasteiger partial charge in [-0.05, 0) is 77.5 Å². The van der Waals surface area contributed by atoms with E-state index in [1.165, 1.54) is 0 Å². The smallest absolute Gasteiger partial charge is 0.297 e. The molecule has 46 heteroatoms. The molecule has 0 saturated carbocycles. The minimum Gasteiger partial charge on any atom is -0.505 e. The van der Waals surface area contributed by atoms with Crippen LogP contribution >= 0.6 is 0 Å². The average molecular weight is 1360 g/mol. The van der Waals surface area contributed by atoms with Gasteiger partial charge < -0.3 is 21.1 Å². The lowest BCUT2D eigenvalue weighted by Crippen LogP contribution is -2.04. The molecule has 88 heavy (non-hydrogen) atoms. The van der Waals surface area contributed by atoms with Gasteiger partial charge in [0.1, 0.15) is 74.1 Å². The second-order valence-corrected chi connectivity index (χ2v) is 27.0. The molecule has 8 rings (SSSR count). The number of aromatic hydroxyl groups is 3. The second-order valence-electron chi connectivity index (χ2n) is 17.3. The van der Waals surface area contributed by atoms with Gasteiger partial charge >= 0.3 is 0 Å². The molecule has 39 nitrogen and oxygen atoms in total. The second kappa shape index (κ2) is 22.2. The minimum atomic E-state index is -5.82. The summed E-state index contributed by atoms with van der Waals surface area (Å²) >= 11 is 0. The number of azo groups is 4. The lowest BCUT2D eigenvalue weighted by Gasteiger charge is -2.14. The molecular weight excluding hydrogens is 1330 g/mol. The number of nitrogens with two attached hydrogens (primary N) is 1. The van der Waals surface area contributed by atoms with Gasteiger partial charge in [-0.15, -0.1) is 35.8 Å². The molecular formula is C42H27N11O28S7. The van der Waals surface area contributed by atoms with E-state index in [0.717, 1.165) is 24.3 Å². The predicted molar refractivity (Wildman–Crippen MR) is 293 cm³/mol. The number of phenols is 3. The zero-order valence-electron chi connectivity index (χ0n) is 41.9. The number of benzene rings is 8. The Bertz CT molecular complexity index is 5470. The standard InChI is InChI=1S/C42H27N11O28S7/c43-34-33-17(12-31(86(73,74)75)38(41(33)56)49-44-18-1-4-21-16(9-18)10-30(85(70,71)72)36(39(21)54)50-45-24-6-2-19(52(57)58)13-27(24)82(61,62)63)11-29(84(67,68)69)35(34)48-47-26-8-5-22-23(42(26)88(79,80)81)15-32(87(76,77)78)37(40(22)55)51-46-25-7-3-20(53(59)60)14-28(25)83(64,65)66/h1-15,54-56H,43H2,(H,61,62,63)(H,64,65,66)(H,67,68,69)(H,70,71,72)(H,73,74,75)(H,76,77,78)(H,79,80,81)/b48-47?,49-44-,50-45-,51-46?. The fourth-order valence-corrected chi connectivity index (χ4v) is 12.8. The van der Waals surface area contributed by atoms with Crippen molar-refractivity contribution in [2.45, 2.75) is 34.3 Å². The third kappa shape index (κ3) is 12.7. The van der Waals surface area contributed by atoms with E-state index >= 15 is 0 Å². The average Bonchev–Trinajstić information content (AvgIpc) is 0.764. The summed E-state index contributed by atoms with van der Waals surface area (Å²) in [6.07, 6.45) is 0. The fourth-order valence-electron chi connectivity index (χ4n) is 8.05. The van der Waals surface area contributed by atoms with Crippen LogP contribution in [0.5, 0.6) is 17.2 Å². The molecule has 0 fully saturated rings. The zero-order chi connectivity index (χ0) is 65.5. The van der Waals surface area contributed by atoms with Crippen LogP contribution in [-0.2, 0) is 70.8 Å². The summed E-state index contributed by atoms with van der Waals surface area (Å²) in [4.78, 5) is 10.7. The number of fused-ring (bicyclic) bond motifs is 3. The largest absolute Gasteiger partial charge is 0.505 e. The molecule has 0 unspecified atom stereocenters. The number of nitrogen functional groups attached to an aromatic ring is 1. The van der Waals surface area contributed by atoms with Crippen LogP contribution in [0, 0.1) is 20.2 Å². The number of nitro benzene ring substituents is 2. The molecule has 0 aliphatic rings. The van der Waals surface area contributed by atoms with Gasteiger partial charge in [0.2, 0.25) is 0 Å². The number of nitrogens with zero attached hydrogens (tertiary/aromatic N) is 10. The highest BCUT2D eigenvalue weighted by atomic mass is 32.2. The van der Waals surface area contributed by atoms with Gasteiger partial charge in [0.15, 0.2) is 17.2 Å². The number of hydrogen-bond acceptors (Lipinski definition) is 30. The number of non-ortho nitro benzene ring substituents is 2. The molecule has 0 bridgehead atoms. The van der Waals surface area contributed by atoms with Crippen molar-refractivity contribution in [1.82, 2.24) is 0 Å². The highest BCUT2D eigenvalue weighted by molar-refractivity contribution is 7.87. The van der Waals surface area contributed by atoms with Crippen molar-refractivity contribution in [3.63, 3.8) is 0 Å². The van der Waals surface area contributed by atoms with Crippen molar-refractivity contribution in [3.8, 4) is 17.2 Å². The summed E-state index contributed by atoms with van der Waals surface area (Å²) in [6.45, 7) is 0. The fraction of sp³-hybridized carbons (Fsp3) is 0. The Morgan fingerprint density at radius 3 is 1.16 bits per heavy atom. The van der Waals surface area contributed by atoms with Gasteiger partial charge in [0.05, 0.1) is 26.6 Å². The molecule has 8 aromatic carbocycles. The topological polar surface area (TPSA) is 652 Å². The van der Waals surface area contributed by atoms with Crippen LogP contribution in [0.2, 0.25) is 0 Å². The normalized spacial score (nSPS) is 13.3. The Morgan fingerprint density at radius 2 is 0.716 bits per heavy atom. The number of nitro groups is 2. The predicted octanol–water partition coefficient (Wildman–Crippen LogP) is 8.05. The van der Waals surface area contributed by atoms with Gasteiger partial charge in [0.25, 0.3) is 82.2 Å². The lowest BCUT2D eigenvalue weighted by atomic mass is 10.0. The molecule has 12 N–H and O–H groups in total. The van der Waals surface area contributed by atoms with E-state index in [1.807, 2.05) is 0 Å². The maximum absolute atomic E-state index is 13.1. The molecule has 0 spiro atoms. The van der Waals surface area contributed by atoms with Gasteiger partial charge in [-0.3, -0.25) is 52.1 Å². The molecule has 0 aromatic heterocycles.